The Kier molecular flexibility index (Phi) is 10.2. The Hall–Kier alpha value is -1.81. The summed E-state index contributed by atoms with van der Waals surface area (Å²) in [6.45, 7) is 8.27. The van der Waals surface area contributed by atoms with Crippen LogP contribution in [0.25, 0.3) is 0 Å². The SMILES string of the molecule is CCCNC1=NC[C@@H](OC(C)=O)[C@H](OC(C)=O)[C@@H](COC(C)=O)OC(C)S1. The number of esters is 3. The van der Waals surface area contributed by atoms with E-state index >= 15 is 0 Å². The van der Waals surface area contributed by atoms with E-state index in [0.717, 1.165) is 13.0 Å². The minimum atomic E-state index is -0.969. The van der Waals surface area contributed by atoms with Gasteiger partial charge in [0.2, 0.25) is 0 Å². The van der Waals surface area contributed by atoms with Gasteiger partial charge in [-0.25, -0.2) is 0 Å². The number of amidine groups is 1. The minimum Gasteiger partial charge on any atom is -0.463 e. The smallest absolute Gasteiger partial charge is 0.303 e. The number of nitrogens with one attached hydrogen (secondary N) is 1. The second-order valence-electron chi connectivity index (χ2n) is 5.96. The molecule has 1 N–H and O–H groups in total. The molecule has 10 heteroatoms. The fourth-order valence-electron chi connectivity index (χ4n) is 2.39. The summed E-state index contributed by atoms with van der Waals surface area (Å²) in [5.74, 6) is -1.60. The number of carbonyl (C=O) groups is 3. The molecule has 1 unspecified atom stereocenters. The molecule has 0 aromatic heterocycles. The Balaban J connectivity index is 3.16. The number of hydrogen-bond donors (Lipinski definition) is 1. The zero-order valence-electron chi connectivity index (χ0n) is 16.4. The maximum atomic E-state index is 11.6. The lowest BCUT2D eigenvalue weighted by Gasteiger charge is -2.31. The monoisotopic (exact) mass is 404 g/mol. The lowest BCUT2D eigenvalue weighted by molar-refractivity contribution is -0.184. The third-order valence-corrected chi connectivity index (χ3v) is 4.33. The van der Waals surface area contributed by atoms with E-state index in [4.69, 9.17) is 18.9 Å². The number of nitrogens with zero attached hydrogens (tertiary/aromatic N) is 1. The van der Waals surface area contributed by atoms with Crippen molar-refractivity contribution >= 4 is 34.8 Å². The fourth-order valence-corrected chi connectivity index (χ4v) is 3.23. The number of rotatable bonds is 6. The topological polar surface area (TPSA) is 113 Å². The number of aliphatic imine (C=N–C) groups is 1. The molecule has 0 aromatic rings. The standard InChI is InChI=1S/C17H28N2O7S/c1-6-7-18-17-19-8-14(24-11(3)21)16(25-12(4)22)15(9-23-10(2)20)26-13(5)27-17/h13-16H,6-9H2,1-5H3,(H,18,19)/t13?,14-,15-,16+/m1/s1. The van der Waals surface area contributed by atoms with Gasteiger partial charge in [-0.15, -0.1) is 0 Å². The molecule has 0 saturated heterocycles. The Morgan fingerprint density at radius 2 is 1.85 bits per heavy atom. The molecule has 0 bridgehead atoms. The summed E-state index contributed by atoms with van der Waals surface area (Å²) in [5, 5.41) is 3.83. The van der Waals surface area contributed by atoms with Gasteiger partial charge in [-0.1, -0.05) is 18.7 Å². The van der Waals surface area contributed by atoms with Gasteiger partial charge in [0, 0.05) is 27.3 Å². The highest BCUT2D eigenvalue weighted by Gasteiger charge is 2.38. The summed E-state index contributed by atoms with van der Waals surface area (Å²) in [7, 11) is 0. The predicted octanol–water partition coefficient (Wildman–Crippen LogP) is 1.25. The van der Waals surface area contributed by atoms with Crippen molar-refractivity contribution in [3.05, 3.63) is 0 Å². The summed E-state index contributed by atoms with van der Waals surface area (Å²) in [5.41, 5.74) is -0.372. The summed E-state index contributed by atoms with van der Waals surface area (Å²) >= 11 is 1.35. The molecular formula is C17H28N2O7S. The molecule has 0 saturated carbocycles. The van der Waals surface area contributed by atoms with Crippen LogP contribution >= 0.6 is 11.8 Å². The minimum absolute atomic E-state index is 0.0726. The zero-order valence-corrected chi connectivity index (χ0v) is 17.2. The van der Waals surface area contributed by atoms with E-state index in [0.29, 0.717) is 5.17 Å². The molecule has 27 heavy (non-hydrogen) atoms. The molecule has 1 aliphatic heterocycles. The Morgan fingerprint density at radius 1 is 1.19 bits per heavy atom. The number of carbonyl (C=O) groups excluding carboxylic acids is 3. The first-order valence-corrected chi connectivity index (χ1v) is 9.69. The van der Waals surface area contributed by atoms with Crippen LogP contribution in [0.1, 0.15) is 41.0 Å². The van der Waals surface area contributed by atoms with Gasteiger partial charge in [0.05, 0.1) is 6.54 Å². The van der Waals surface area contributed by atoms with E-state index < -0.39 is 36.2 Å². The maximum Gasteiger partial charge on any atom is 0.303 e. The van der Waals surface area contributed by atoms with E-state index in [1.165, 1.54) is 32.5 Å². The van der Waals surface area contributed by atoms with Crippen LogP contribution < -0.4 is 5.32 Å². The predicted molar refractivity (Wildman–Crippen MR) is 100 cm³/mol. The highest BCUT2D eigenvalue weighted by atomic mass is 32.2. The van der Waals surface area contributed by atoms with Gasteiger partial charge in [0.15, 0.2) is 17.4 Å². The Labute approximate surface area is 163 Å². The largest absolute Gasteiger partial charge is 0.463 e. The molecule has 1 heterocycles. The van der Waals surface area contributed by atoms with Crippen molar-refractivity contribution in [1.82, 2.24) is 5.32 Å². The number of hydrogen-bond acceptors (Lipinski definition) is 10. The molecule has 9 nitrogen and oxygen atoms in total. The van der Waals surface area contributed by atoms with Gasteiger partial charge in [-0.2, -0.15) is 0 Å². The van der Waals surface area contributed by atoms with Gasteiger partial charge in [0.25, 0.3) is 0 Å². The molecule has 1 aliphatic rings. The first kappa shape index (κ1) is 23.2. The van der Waals surface area contributed by atoms with Crippen LogP contribution in [-0.2, 0) is 33.3 Å². The van der Waals surface area contributed by atoms with Crippen LogP contribution in [0.4, 0.5) is 0 Å². The average molecular weight is 404 g/mol. The van der Waals surface area contributed by atoms with E-state index in [9.17, 15) is 14.4 Å². The molecule has 0 aliphatic carbocycles. The molecule has 0 fully saturated rings. The quantitative estimate of drug-likeness (QED) is 0.516. The molecule has 0 radical (unpaired) electrons. The van der Waals surface area contributed by atoms with Crippen LogP contribution in [0.2, 0.25) is 0 Å². The van der Waals surface area contributed by atoms with Crippen molar-refractivity contribution in [2.75, 3.05) is 19.7 Å². The van der Waals surface area contributed by atoms with Crippen LogP contribution in [0, 0.1) is 0 Å². The van der Waals surface area contributed by atoms with Crippen molar-refractivity contribution in [3.63, 3.8) is 0 Å². The zero-order chi connectivity index (χ0) is 20.4. The second kappa shape index (κ2) is 11.8. The van der Waals surface area contributed by atoms with Crippen LogP contribution in [-0.4, -0.2) is 66.5 Å². The third kappa shape index (κ3) is 9.09. The van der Waals surface area contributed by atoms with Crippen molar-refractivity contribution in [3.8, 4) is 0 Å². The first-order valence-electron chi connectivity index (χ1n) is 8.81. The maximum absolute atomic E-state index is 11.6. The van der Waals surface area contributed by atoms with Crippen molar-refractivity contribution in [2.45, 2.75) is 64.8 Å². The van der Waals surface area contributed by atoms with Gasteiger partial charge in [-0.3, -0.25) is 19.4 Å². The first-order chi connectivity index (χ1) is 12.7. The van der Waals surface area contributed by atoms with Gasteiger partial charge in [0.1, 0.15) is 18.1 Å². The molecule has 4 atom stereocenters. The van der Waals surface area contributed by atoms with Gasteiger partial charge < -0.3 is 24.3 Å². The normalized spacial score (nSPS) is 25.9. The summed E-state index contributed by atoms with van der Waals surface area (Å²) in [6.07, 6.45) is -1.75. The molecule has 0 spiro atoms. The van der Waals surface area contributed by atoms with Gasteiger partial charge >= 0.3 is 17.9 Å². The lowest BCUT2D eigenvalue weighted by Crippen LogP contribution is -2.48. The average Bonchev–Trinajstić information content (AvgIpc) is 2.61. The van der Waals surface area contributed by atoms with E-state index in [1.54, 1.807) is 0 Å². The van der Waals surface area contributed by atoms with Crippen LogP contribution in [0.5, 0.6) is 0 Å². The molecule has 1 rings (SSSR count). The second-order valence-corrected chi connectivity index (χ2v) is 7.24. The molecule has 0 amide bonds. The lowest BCUT2D eigenvalue weighted by atomic mass is 10.1. The van der Waals surface area contributed by atoms with E-state index in [1.807, 2.05) is 13.8 Å². The molecule has 0 aromatic carbocycles. The van der Waals surface area contributed by atoms with E-state index in [2.05, 4.69) is 10.3 Å². The van der Waals surface area contributed by atoms with Crippen LogP contribution in [0.15, 0.2) is 4.99 Å². The highest BCUT2D eigenvalue weighted by Crippen LogP contribution is 2.23. The van der Waals surface area contributed by atoms with E-state index in [-0.39, 0.29) is 18.6 Å². The Bertz CT molecular complexity index is 555. The number of thioether (sulfide) groups is 1. The van der Waals surface area contributed by atoms with Crippen LogP contribution in [0.3, 0.4) is 0 Å². The number of ether oxygens (including phenoxy) is 4. The highest BCUT2D eigenvalue weighted by molar-refractivity contribution is 8.14. The van der Waals surface area contributed by atoms with Crippen molar-refractivity contribution in [2.24, 2.45) is 4.99 Å². The third-order valence-electron chi connectivity index (χ3n) is 3.39. The summed E-state index contributed by atoms with van der Waals surface area (Å²) in [6, 6.07) is 0. The summed E-state index contributed by atoms with van der Waals surface area (Å²) < 4.78 is 21.7. The van der Waals surface area contributed by atoms with Crippen molar-refractivity contribution < 1.29 is 33.3 Å². The summed E-state index contributed by atoms with van der Waals surface area (Å²) in [4.78, 5) is 38.9. The van der Waals surface area contributed by atoms with Gasteiger partial charge in [-0.05, 0) is 13.3 Å². The van der Waals surface area contributed by atoms with Crippen molar-refractivity contribution in [1.29, 1.82) is 0 Å². The Morgan fingerprint density at radius 3 is 2.41 bits per heavy atom. The molecular weight excluding hydrogens is 376 g/mol. The molecule has 154 valence electrons. The fraction of sp³-hybridized carbons (Fsp3) is 0.765.